The summed E-state index contributed by atoms with van der Waals surface area (Å²) >= 11 is 0. The van der Waals surface area contributed by atoms with Crippen LogP contribution in [0, 0.1) is 5.82 Å². The largest absolute Gasteiger partial charge is 0.368 e. The minimum atomic E-state index is -0.203. The van der Waals surface area contributed by atoms with Crippen LogP contribution in [-0.4, -0.2) is 58.3 Å². The molecular formula is C22H27FIN7. The first-order valence-corrected chi connectivity index (χ1v) is 10.2. The monoisotopic (exact) mass is 535 g/mol. The topological polar surface area (TPSA) is 61.6 Å². The summed E-state index contributed by atoms with van der Waals surface area (Å²) in [4.78, 5) is 13.8. The number of anilines is 1. The first kappa shape index (κ1) is 23.0. The van der Waals surface area contributed by atoms with Crippen LogP contribution < -0.4 is 10.2 Å². The van der Waals surface area contributed by atoms with Crippen LogP contribution in [0.2, 0.25) is 0 Å². The van der Waals surface area contributed by atoms with Crippen molar-refractivity contribution >= 4 is 35.6 Å². The Morgan fingerprint density at radius 1 is 1.10 bits per heavy atom. The smallest absolute Gasteiger partial charge is 0.194 e. The van der Waals surface area contributed by atoms with Crippen LogP contribution in [0.25, 0.3) is 5.82 Å². The Labute approximate surface area is 199 Å². The van der Waals surface area contributed by atoms with Crippen molar-refractivity contribution in [3.63, 3.8) is 0 Å². The molecule has 3 heterocycles. The molecular weight excluding hydrogens is 508 g/mol. The second-order valence-electron chi connectivity index (χ2n) is 7.09. The van der Waals surface area contributed by atoms with E-state index >= 15 is 0 Å². The summed E-state index contributed by atoms with van der Waals surface area (Å²) in [6.07, 6.45) is 5.40. The lowest BCUT2D eigenvalue weighted by molar-refractivity contribution is 0.372. The quantitative estimate of drug-likeness (QED) is 0.309. The summed E-state index contributed by atoms with van der Waals surface area (Å²) in [6.45, 7) is 6.91. The van der Waals surface area contributed by atoms with Gasteiger partial charge in [-0.25, -0.2) is 19.0 Å². The van der Waals surface area contributed by atoms with Gasteiger partial charge in [0.1, 0.15) is 5.82 Å². The molecule has 0 saturated carbocycles. The van der Waals surface area contributed by atoms with Gasteiger partial charge in [0.2, 0.25) is 0 Å². The number of benzene rings is 1. The fourth-order valence-corrected chi connectivity index (χ4v) is 3.51. The first-order valence-electron chi connectivity index (χ1n) is 10.2. The zero-order chi connectivity index (χ0) is 20.8. The standard InChI is InChI=1S/C22H26FN7.HI/c1-2-24-22(26-17-18-8-10-25-21(16-18)30-11-3-9-27-30)29-14-12-28(13-15-29)20-6-4-19(23)5-7-20;/h3-11,16H,2,12-15,17H2,1H3,(H,24,26);1H. The summed E-state index contributed by atoms with van der Waals surface area (Å²) in [5.74, 6) is 1.49. The van der Waals surface area contributed by atoms with E-state index in [0.717, 1.165) is 55.8 Å². The van der Waals surface area contributed by atoms with Gasteiger partial charge in [-0.3, -0.25) is 0 Å². The third-order valence-corrected chi connectivity index (χ3v) is 5.07. The molecule has 1 aliphatic rings. The Hall–Kier alpha value is -2.69. The highest BCUT2D eigenvalue weighted by molar-refractivity contribution is 14.0. The Morgan fingerprint density at radius 2 is 1.87 bits per heavy atom. The van der Waals surface area contributed by atoms with Gasteiger partial charge in [0.25, 0.3) is 0 Å². The van der Waals surface area contributed by atoms with E-state index < -0.39 is 0 Å². The van der Waals surface area contributed by atoms with Crippen LogP contribution in [-0.2, 0) is 6.54 Å². The molecule has 31 heavy (non-hydrogen) atoms. The molecule has 0 aliphatic carbocycles. The van der Waals surface area contributed by atoms with E-state index in [1.807, 2.05) is 36.5 Å². The Morgan fingerprint density at radius 3 is 2.55 bits per heavy atom. The molecule has 0 radical (unpaired) electrons. The second kappa shape index (κ2) is 11.1. The van der Waals surface area contributed by atoms with Crippen molar-refractivity contribution < 1.29 is 4.39 Å². The fraction of sp³-hybridized carbons (Fsp3) is 0.318. The van der Waals surface area contributed by atoms with E-state index in [1.54, 1.807) is 17.1 Å². The van der Waals surface area contributed by atoms with Gasteiger partial charge in [-0.1, -0.05) is 0 Å². The normalized spacial score (nSPS) is 14.3. The van der Waals surface area contributed by atoms with Crippen molar-refractivity contribution in [3.05, 3.63) is 72.4 Å². The molecule has 0 amide bonds. The molecule has 0 bridgehead atoms. The van der Waals surface area contributed by atoms with Crippen LogP contribution in [0.3, 0.4) is 0 Å². The molecule has 4 rings (SSSR count). The molecule has 1 saturated heterocycles. The molecule has 1 fully saturated rings. The number of pyridine rings is 1. The number of aliphatic imine (C=N–C) groups is 1. The lowest BCUT2D eigenvalue weighted by Gasteiger charge is -2.37. The fourth-order valence-electron chi connectivity index (χ4n) is 3.51. The van der Waals surface area contributed by atoms with Gasteiger partial charge >= 0.3 is 0 Å². The van der Waals surface area contributed by atoms with Crippen LogP contribution >= 0.6 is 24.0 Å². The van der Waals surface area contributed by atoms with Crippen molar-refractivity contribution in [3.8, 4) is 5.82 Å². The number of nitrogens with zero attached hydrogens (tertiary/aromatic N) is 6. The molecule has 1 aromatic carbocycles. The zero-order valence-corrected chi connectivity index (χ0v) is 19.8. The Bertz CT molecular complexity index is 968. The Balaban J connectivity index is 0.00000272. The van der Waals surface area contributed by atoms with Crippen molar-refractivity contribution in [2.75, 3.05) is 37.6 Å². The number of hydrogen-bond acceptors (Lipinski definition) is 4. The third kappa shape index (κ3) is 5.93. The van der Waals surface area contributed by atoms with Crippen molar-refractivity contribution in [2.24, 2.45) is 4.99 Å². The average Bonchev–Trinajstić information content (AvgIpc) is 3.33. The second-order valence-corrected chi connectivity index (χ2v) is 7.09. The molecule has 3 aromatic rings. The highest BCUT2D eigenvalue weighted by atomic mass is 127. The number of hydrogen-bond donors (Lipinski definition) is 1. The maximum atomic E-state index is 13.2. The van der Waals surface area contributed by atoms with Crippen molar-refractivity contribution in [1.82, 2.24) is 25.0 Å². The van der Waals surface area contributed by atoms with Crippen molar-refractivity contribution in [2.45, 2.75) is 13.5 Å². The van der Waals surface area contributed by atoms with Gasteiger partial charge in [-0.15, -0.1) is 24.0 Å². The molecule has 164 valence electrons. The van der Waals surface area contributed by atoms with Gasteiger partial charge in [0, 0.05) is 57.0 Å². The molecule has 9 heteroatoms. The molecule has 1 aliphatic heterocycles. The van der Waals surface area contributed by atoms with E-state index in [0.29, 0.717) is 6.54 Å². The summed E-state index contributed by atoms with van der Waals surface area (Å²) in [6, 6.07) is 12.6. The van der Waals surface area contributed by atoms with E-state index in [-0.39, 0.29) is 29.8 Å². The predicted molar refractivity (Wildman–Crippen MR) is 132 cm³/mol. The summed E-state index contributed by atoms with van der Waals surface area (Å²) < 4.78 is 14.9. The zero-order valence-electron chi connectivity index (χ0n) is 17.5. The maximum absolute atomic E-state index is 13.2. The number of nitrogens with one attached hydrogen (secondary N) is 1. The van der Waals surface area contributed by atoms with Gasteiger partial charge < -0.3 is 15.1 Å². The van der Waals surface area contributed by atoms with Crippen LogP contribution in [0.1, 0.15) is 12.5 Å². The van der Waals surface area contributed by atoms with Crippen LogP contribution in [0.5, 0.6) is 0 Å². The minimum absolute atomic E-state index is 0. The molecule has 0 atom stereocenters. The van der Waals surface area contributed by atoms with Gasteiger partial charge in [-0.2, -0.15) is 5.10 Å². The van der Waals surface area contributed by atoms with Gasteiger partial charge in [0.15, 0.2) is 11.8 Å². The molecule has 7 nitrogen and oxygen atoms in total. The van der Waals surface area contributed by atoms with Crippen LogP contribution in [0.15, 0.2) is 66.0 Å². The Kier molecular flexibility index (Phi) is 8.21. The minimum Gasteiger partial charge on any atom is -0.368 e. The van der Waals surface area contributed by atoms with E-state index in [9.17, 15) is 4.39 Å². The molecule has 2 aromatic heterocycles. The molecule has 0 unspecified atom stereocenters. The predicted octanol–water partition coefficient (Wildman–Crippen LogP) is 3.31. The van der Waals surface area contributed by atoms with Gasteiger partial charge in [0.05, 0.1) is 6.54 Å². The third-order valence-electron chi connectivity index (χ3n) is 5.07. The van der Waals surface area contributed by atoms with E-state index in [4.69, 9.17) is 4.99 Å². The number of guanidine groups is 1. The van der Waals surface area contributed by atoms with Crippen LogP contribution in [0.4, 0.5) is 10.1 Å². The first-order chi connectivity index (χ1) is 14.7. The molecule has 0 spiro atoms. The van der Waals surface area contributed by atoms with E-state index in [2.05, 4.69) is 32.1 Å². The average molecular weight is 535 g/mol. The summed E-state index contributed by atoms with van der Waals surface area (Å²) in [5, 5.41) is 7.64. The summed E-state index contributed by atoms with van der Waals surface area (Å²) in [5.41, 5.74) is 2.14. The lowest BCUT2D eigenvalue weighted by Crippen LogP contribution is -2.52. The summed E-state index contributed by atoms with van der Waals surface area (Å²) in [7, 11) is 0. The maximum Gasteiger partial charge on any atom is 0.194 e. The highest BCUT2D eigenvalue weighted by Crippen LogP contribution is 2.17. The molecule has 1 N–H and O–H groups in total. The van der Waals surface area contributed by atoms with Crippen molar-refractivity contribution in [1.29, 1.82) is 0 Å². The lowest BCUT2D eigenvalue weighted by atomic mass is 10.2. The number of halogens is 2. The number of aromatic nitrogens is 3. The SMILES string of the molecule is CCNC(=NCc1ccnc(-n2cccn2)c1)N1CCN(c2ccc(F)cc2)CC1.I. The van der Waals surface area contributed by atoms with E-state index in [1.165, 1.54) is 12.1 Å². The highest BCUT2D eigenvalue weighted by Gasteiger charge is 2.19. The van der Waals surface area contributed by atoms with Gasteiger partial charge in [-0.05, 0) is 55.0 Å². The number of piperazine rings is 1. The number of rotatable bonds is 5.